The molecule has 0 aliphatic carbocycles. The molecule has 1 atom stereocenters. The summed E-state index contributed by atoms with van der Waals surface area (Å²) in [6, 6.07) is 19.9. The van der Waals surface area contributed by atoms with Crippen molar-refractivity contribution in [2.45, 2.75) is 39.8 Å². The summed E-state index contributed by atoms with van der Waals surface area (Å²) in [5, 5.41) is 5.34. The lowest BCUT2D eigenvalue weighted by Gasteiger charge is -2.30. The van der Waals surface area contributed by atoms with E-state index in [1.54, 1.807) is 11.8 Å². The topological polar surface area (TPSA) is 60.2 Å². The number of hydrogen-bond acceptors (Lipinski definition) is 4. The van der Waals surface area contributed by atoms with Crippen LogP contribution in [-0.4, -0.2) is 38.7 Å². The first kappa shape index (κ1) is 22.5. The monoisotopic (exact) mass is 442 g/mol. The Bertz CT molecular complexity index is 1280. The lowest BCUT2D eigenvalue weighted by Crippen LogP contribution is -2.39. The van der Waals surface area contributed by atoms with Crippen molar-refractivity contribution in [2.24, 2.45) is 7.05 Å². The summed E-state index contributed by atoms with van der Waals surface area (Å²) in [6.45, 7) is 6.45. The van der Waals surface area contributed by atoms with Crippen LogP contribution in [0.5, 0.6) is 5.75 Å². The predicted octanol–water partition coefficient (Wildman–Crippen LogP) is 4.87. The van der Waals surface area contributed by atoms with E-state index in [1.165, 1.54) is 0 Å². The number of fused-ring (bicyclic) bond motifs is 1. The highest BCUT2D eigenvalue weighted by Crippen LogP contribution is 2.27. The number of rotatable bonds is 7. The first-order valence-corrected chi connectivity index (χ1v) is 11.2. The zero-order valence-electron chi connectivity index (χ0n) is 19.9. The number of amides is 1. The van der Waals surface area contributed by atoms with E-state index in [0.29, 0.717) is 18.5 Å². The Labute approximate surface area is 194 Å². The lowest BCUT2D eigenvalue weighted by atomic mass is 10.0. The highest BCUT2D eigenvalue weighted by molar-refractivity contribution is 6.06. The van der Waals surface area contributed by atoms with Gasteiger partial charge in [-0.1, -0.05) is 48.5 Å². The summed E-state index contributed by atoms with van der Waals surface area (Å²) >= 11 is 0. The van der Waals surface area contributed by atoms with Crippen LogP contribution < -0.4 is 4.74 Å². The molecular formula is C27H30N4O2. The van der Waals surface area contributed by atoms with Crippen LogP contribution in [0.2, 0.25) is 0 Å². The van der Waals surface area contributed by atoms with Crippen LogP contribution in [0.25, 0.3) is 11.0 Å². The summed E-state index contributed by atoms with van der Waals surface area (Å²) in [6.07, 6.45) is 0.682. The maximum absolute atomic E-state index is 14.1. The zero-order chi connectivity index (χ0) is 23.5. The van der Waals surface area contributed by atoms with Crippen molar-refractivity contribution in [1.82, 2.24) is 19.7 Å². The lowest BCUT2D eigenvalue weighted by molar-refractivity contribution is 0.0676. The van der Waals surface area contributed by atoms with E-state index in [-0.39, 0.29) is 11.9 Å². The molecule has 2 aromatic heterocycles. The number of carbonyl (C=O) groups excluding carboxylic acids is 1. The van der Waals surface area contributed by atoms with Gasteiger partial charge in [0, 0.05) is 25.3 Å². The molecule has 4 rings (SSSR count). The van der Waals surface area contributed by atoms with E-state index in [2.05, 4.69) is 35.2 Å². The third-order valence-corrected chi connectivity index (χ3v) is 6.02. The van der Waals surface area contributed by atoms with Crippen molar-refractivity contribution in [3.05, 3.63) is 88.7 Å². The van der Waals surface area contributed by atoms with Crippen LogP contribution in [0, 0.1) is 13.8 Å². The molecule has 0 aliphatic heterocycles. The Morgan fingerprint density at radius 2 is 1.79 bits per heavy atom. The minimum atomic E-state index is -0.0606. The van der Waals surface area contributed by atoms with Gasteiger partial charge >= 0.3 is 0 Å². The Balaban J connectivity index is 1.76. The maximum atomic E-state index is 14.1. The number of aryl methyl sites for hydroxylation is 3. The predicted molar refractivity (Wildman–Crippen MR) is 130 cm³/mol. The largest absolute Gasteiger partial charge is 0.496 e. The van der Waals surface area contributed by atoms with Crippen molar-refractivity contribution in [3.63, 3.8) is 0 Å². The molecule has 6 nitrogen and oxygen atoms in total. The Hall–Kier alpha value is -3.67. The number of nitrogens with zero attached hydrogens (tertiary/aromatic N) is 4. The first-order chi connectivity index (χ1) is 15.9. The molecule has 0 fully saturated rings. The molecule has 2 heterocycles. The highest BCUT2D eigenvalue weighted by atomic mass is 16.5. The minimum Gasteiger partial charge on any atom is -0.496 e. The number of benzene rings is 2. The normalized spacial score (nSPS) is 12.0. The third-order valence-electron chi connectivity index (χ3n) is 6.02. The third kappa shape index (κ3) is 4.60. The number of pyridine rings is 1. The molecule has 0 spiro atoms. The smallest absolute Gasteiger partial charge is 0.255 e. The summed E-state index contributed by atoms with van der Waals surface area (Å²) in [5.41, 5.74) is 5.14. The molecule has 33 heavy (non-hydrogen) atoms. The first-order valence-electron chi connectivity index (χ1n) is 11.2. The summed E-state index contributed by atoms with van der Waals surface area (Å²) < 4.78 is 7.30. The SMILES string of the molecule is COc1ccccc1CC(C)N(Cc1ccccc1)C(=O)c1cc(C)nc2c1c(C)nn2C. The molecule has 2 aromatic carbocycles. The van der Waals surface area contributed by atoms with Crippen LogP contribution in [0.15, 0.2) is 60.7 Å². The molecular weight excluding hydrogens is 412 g/mol. The van der Waals surface area contributed by atoms with Crippen LogP contribution in [0.1, 0.15) is 39.8 Å². The summed E-state index contributed by atoms with van der Waals surface area (Å²) in [5.74, 6) is 0.814. The second kappa shape index (κ2) is 9.45. The quantitative estimate of drug-likeness (QED) is 0.410. The Kier molecular flexibility index (Phi) is 6.45. The van der Waals surface area contributed by atoms with Gasteiger partial charge < -0.3 is 9.64 Å². The van der Waals surface area contributed by atoms with Gasteiger partial charge in [0.15, 0.2) is 5.65 Å². The van der Waals surface area contributed by atoms with Crippen molar-refractivity contribution in [1.29, 1.82) is 0 Å². The van der Waals surface area contributed by atoms with Crippen LogP contribution in [0.3, 0.4) is 0 Å². The van der Waals surface area contributed by atoms with E-state index < -0.39 is 0 Å². The number of carbonyl (C=O) groups is 1. The molecule has 1 unspecified atom stereocenters. The van der Waals surface area contributed by atoms with Gasteiger partial charge in [0.05, 0.1) is 23.8 Å². The summed E-state index contributed by atoms with van der Waals surface area (Å²) in [4.78, 5) is 20.7. The maximum Gasteiger partial charge on any atom is 0.255 e. The molecule has 0 bridgehead atoms. The van der Waals surface area contributed by atoms with Crippen molar-refractivity contribution in [2.75, 3.05) is 7.11 Å². The van der Waals surface area contributed by atoms with Crippen molar-refractivity contribution >= 4 is 16.9 Å². The van der Waals surface area contributed by atoms with Crippen LogP contribution >= 0.6 is 0 Å². The van der Waals surface area contributed by atoms with Crippen LogP contribution in [0.4, 0.5) is 0 Å². The average Bonchev–Trinajstić information content (AvgIpc) is 3.10. The van der Waals surface area contributed by atoms with Crippen molar-refractivity contribution < 1.29 is 9.53 Å². The minimum absolute atomic E-state index is 0.0205. The molecule has 0 N–H and O–H groups in total. The van der Waals surface area contributed by atoms with Gasteiger partial charge in [0.1, 0.15) is 5.75 Å². The van der Waals surface area contributed by atoms with Gasteiger partial charge in [0.25, 0.3) is 5.91 Å². The average molecular weight is 443 g/mol. The van der Waals surface area contributed by atoms with E-state index in [4.69, 9.17) is 4.74 Å². The molecule has 4 aromatic rings. The Morgan fingerprint density at radius 3 is 2.52 bits per heavy atom. The molecule has 1 amide bonds. The second-order valence-corrected chi connectivity index (χ2v) is 8.50. The fourth-order valence-corrected chi connectivity index (χ4v) is 4.40. The molecule has 170 valence electrons. The van der Waals surface area contributed by atoms with E-state index in [1.807, 2.05) is 68.3 Å². The van der Waals surface area contributed by atoms with Gasteiger partial charge in [-0.2, -0.15) is 5.10 Å². The van der Waals surface area contributed by atoms with E-state index in [0.717, 1.165) is 39.3 Å². The van der Waals surface area contributed by atoms with Crippen molar-refractivity contribution in [3.8, 4) is 5.75 Å². The number of hydrogen-bond donors (Lipinski definition) is 0. The molecule has 6 heteroatoms. The van der Waals surface area contributed by atoms with E-state index in [9.17, 15) is 4.79 Å². The highest BCUT2D eigenvalue weighted by Gasteiger charge is 2.26. The molecule has 0 aliphatic rings. The number of aromatic nitrogens is 3. The van der Waals surface area contributed by atoms with Gasteiger partial charge in [-0.3, -0.25) is 9.48 Å². The molecule has 0 saturated carbocycles. The fourth-order valence-electron chi connectivity index (χ4n) is 4.40. The van der Waals surface area contributed by atoms with Gasteiger partial charge in [-0.05, 0) is 50.5 Å². The Morgan fingerprint density at radius 1 is 1.09 bits per heavy atom. The van der Waals surface area contributed by atoms with Gasteiger partial charge in [0.2, 0.25) is 0 Å². The molecule has 0 radical (unpaired) electrons. The zero-order valence-corrected chi connectivity index (χ0v) is 19.9. The molecule has 0 saturated heterocycles. The van der Waals surface area contributed by atoms with Gasteiger partial charge in [-0.25, -0.2) is 4.98 Å². The van der Waals surface area contributed by atoms with E-state index >= 15 is 0 Å². The number of ether oxygens (including phenoxy) is 1. The van der Waals surface area contributed by atoms with Gasteiger partial charge in [-0.15, -0.1) is 0 Å². The second-order valence-electron chi connectivity index (χ2n) is 8.50. The number of methoxy groups -OCH3 is 1. The fraction of sp³-hybridized carbons (Fsp3) is 0.296. The standard InChI is InChI=1S/C27H30N4O2/c1-18-15-23(25-20(3)29-30(4)26(25)28-18)27(32)31(17-21-11-7-6-8-12-21)19(2)16-22-13-9-10-14-24(22)33-5/h6-15,19H,16-17H2,1-5H3. The van der Waals surface area contributed by atoms with Crippen LogP contribution in [-0.2, 0) is 20.0 Å². The number of para-hydroxylation sites is 1. The summed E-state index contributed by atoms with van der Waals surface area (Å²) in [7, 11) is 3.54.